The standard InChI is InChI=1S/C16H30N2O3/c1-12-10-14(11-13(2)21-12)18-16(19)17-8-5-7-15-6-3-4-9-20-15/h12-15H,3-11H2,1-2H3,(H2,17,18,19). The van der Waals surface area contributed by atoms with Crippen LogP contribution in [0, 0.1) is 0 Å². The Labute approximate surface area is 128 Å². The molecule has 3 unspecified atom stereocenters. The normalized spacial score (nSPS) is 33.4. The Morgan fingerprint density at radius 3 is 2.62 bits per heavy atom. The number of urea groups is 1. The smallest absolute Gasteiger partial charge is 0.315 e. The van der Waals surface area contributed by atoms with Gasteiger partial charge in [-0.1, -0.05) is 0 Å². The molecule has 2 heterocycles. The number of carbonyl (C=O) groups is 1. The van der Waals surface area contributed by atoms with Gasteiger partial charge in [0.2, 0.25) is 0 Å². The largest absolute Gasteiger partial charge is 0.378 e. The molecule has 2 aliphatic rings. The van der Waals surface area contributed by atoms with Gasteiger partial charge in [-0.3, -0.25) is 0 Å². The second kappa shape index (κ2) is 8.59. The lowest BCUT2D eigenvalue weighted by Crippen LogP contribution is -2.47. The fraction of sp³-hybridized carbons (Fsp3) is 0.938. The van der Waals surface area contributed by atoms with E-state index in [1.807, 2.05) is 0 Å². The number of hydrogen-bond acceptors (Lipinski definition) is 3. The summed E-state index contributed by atoms with van der Waals surface area (Å²) >= 11 is 0. The van der Waals surface area contributed by atoms with Gasteiger partial charge in [0.15, 0.2) is 0 Å². The average molecular weight is 298 g/mol. The monoisotopic (exact) mass is 298 g/mol. The minimum atomic E-state index is -0.0501. The Morgan fingerprint density at radius 2 is 1.95 bits per heavy atom. The molecule has 2 aliphatic heterocycles. The highest BCUT2D eigenvalue weighted by atomic mass is 16.5. The Bertz CT molecular complexity index is 309. The van der Waals surface area contributed by atoms with Crippen LogP contribution < -0.4 is 10.6 Å². The first kappa shape index (κ1) is 16.6. The first-order chi connectivity index (χ1) is 10.1. The van der Waals surface area contributed by atoms with E-state index >= 15 is 0 Å². The third kappa shape index (κ3) is 6.22. The van der Waals surface area contributed by atoms with Crippen LogP contribution in [0.4, 0.5) is 4.79 Å². The maximum atomic E-state index is 11.9. The highest BCUT2D eigenvalue weighted by molar-refractivity contribution is 5.74. The molecule has 0 radical (unpaired) electrons. The molecule has 122 valence electrons. The highest BCUT2D eigenvalue weighted by Gasteiger charge is 2.25. The Morgan fingerprint density at radius 1 is 1.19 bits per heavy atom. The molecular weight excluding hydrogens is 268 g/mol. The maximum Gasteiger partial charge on any atom is 0.315 e. The lowest BCUT2D eigenvalue weighted by Gasteiger charge is -2.32. The lowest BCUT2D eigenvalue weighted by molar-refractivity contribution is -0.0402. The zero-order chi connectivity index (χ0) is 15.1. The molecule has 5 heteroatoms. The quantitative estimate of drug-likeness (QED) is 0.767. The Hall–Kier alpha value is -0.810. The molecule has 2 amide bonds. The molecule has 0 saturated carbocycles. The minimum Gasteiger partial charge on any atom is -0.378 e. The van der Waals surface area contributed by atoms with Crippen molar-refractivity contribution in [3.63, 3.8) is 0 Å². The molecule has 0 spiro atoms. The molecule has 0 aliphatic carbocycles. The van der Waals surface area contributed by atoms with E-state index in [-0.39, 0.29) is 24.3 Å². The van der Waals surface area contributed by atoms with Crippen LogP contribution in [-0.2, 0) is 9.47 Å². The predicted molar refractivity (Wildman–Crippen MR) is 82.4 cm³/mol. The molecule has 2 fully saturated rings. The summed E-state index contributed by atoms with van der Waals surface area (Å²) in [6.07, 6.45) is 8.32. The highest BCUT2D eigenvalue weighted by Crippen LogP contribution is 2.19. The van der Waals surface area contributed by atoms with Gasteiger partial charge in [-0.2, -0.15) is 0 Å². The second-order valence-corrected chi connectivity index (χ2v) is 6.46. The van der Waals surface area contributed by atoms with Gasteiger partial charge in [0.1, 0.15) is 0 Å². The van der Waals surface area contributed by atoms with Crippen LogP contribution in [0.3, 0.4) is 0 Å². The van der Waals surface area contributed by atoms with E-state index in [0.29, 0.717) is 6.10 Å². The fourth-order valence-corrected chi connectivity index (χ4v) is 3.33. The lowest BCUT2D eigenvalue weighted by atomic mass is 10.0. The molecule has 0 aromatic heterocycles. The summed E-state index contributed by atoms with van der Waals surface area (Å²) in [5, 5.41) is 6.01. The van der Waals surface area contributed by atoms with Crippen LogP contribution in [0.15, 0.2) is 0 Å². The summed E-state index contributed by atoms with van der Waals surface area (Å²) in [6, 6.07) is 0.177. The first-order valence-corrected chi connectivity index (χ1v) is 8.45. The van der Waals surface area contributed by atoms with Crippen molar-refractivity contribution in [2.24, 2.45) is 0 Å². The zero-order valence-corrected chi connectivity index (χ0v) is 13.4. The Kier molecular flexibility index (Phi) is 6.77. The van der Waals surface area contributed by atoms with E-state index < -0.39 is 0 Å². The summed E-state index contributed by atoms with van der Waals surface area (Å²) in [4.78, 5) is 11.9. The molecule has 3 atom stereocenters. The van der Waals surface area contributed by atoms with Crippen molar-refractivity contribution in [3.8, 4) is 0 Å². The van der Waals surface area contributed by atoms with Gasteiger partial charge >= 0.3 is 6.03 Å². The molecule has 2 saturated heterocycles. The third-order valence-electron chi connectivity index (χ3n) is 4.30. The van der Waals surface area contributed by atoms with Gasteiger partial charge in [-0.25, -0.2) is 4.79 Å². The van der Waals surface area contributed by atoms with Crippen molar-refractivity contribution in [1.82, 2.24) is 10.6 Å². The van der Waals surface area contributed by atoms with Crippen LogP contribution in [0.2, 0.25) is 0 Å². The molecule has 0 aromatic rings. The van der Waals surface area contributed by atoms with E-state index in [4.69, 9.17) is 9.47 Å². The Balaban J connectivity index is 1.54. The van der Waals surface area contributed by atoms with Crippen molar-refractivity contribution in [2.45, 2.75) is 83.1 Å². The van der Waals surface area contributed by atoms with E-state index in [0.717, 1.165) is 38.8 Å². The van der Waals surface area contributed by atoms with Crippen molar-refractivity contribution in [3.05, 3.63) is 0 Å². The molecular formula is C16H30N2O3. The van der Waals surface area contributed by atoms with Gasteiger partial charge in [0.05, 0.1) is 18.3 Å². The molecule has 5 nitrogen and oxygen atoms in total. The van der Waals surface area contributed by atoms with Crippen molar-refractivity contribution in [1.29, 1.82) is 0 Å². The molecule has 2 N–H and O–H groups in total. The van der Waals surface area contributed by atoms with Crippen LogP contribution in [0.5, 0.6) is 0 Å². The molecule has 21 heavy (non-hydrogen) atoms. The predicted octanol–water partition coefficient (Wildman–Crippen LogP) is 2.59. The zero-order valence-electron chi connectivity index (χ0n) is 13.4. The van der Waals surface area contributed by atoms with E-state index in [9.17, 15) is 4.79 Å². The summed E-state index contributed by atoms with van der Waals surface area (Å²) in [5.74, 6) is 0. The topological polar surface area (TPSA) is 59.6 Å². The van der Waals surface area contributed by atoms with Crippen LogP contribution in [-0.4, -0.2) is 43.5 Å². The van der Waals surface area contributed by atoms with E-state index in [2.05, 4.69) is 24.5 Å². The first-order valence-electron chi connectivity index (χ1n) is 8.45. The fourth-order valence-electron chi connectivity index (χ4n) is 3.33. The summed E-state index contributed by atoms with van der Waals surface area (Å²) < 4.78 is 11.4. The second-order valence-electron chi connectivity index (χ2n) is 6.46. The van der Waals surface area contributed by atoms with Gasteiger partial charge < -0.3 is 20.1 Å². The number of amides is 2. The van der Waals surface area contributed by atoms with Gasteiger partial charge in [-0.15, -0.1) is 0 Å². The average Bonchev–Trinajstić information content (AvgIpc) is 2.43. The van der Waals surface area contributed by atoms with Crippen molar-refractivity contribution in [2.75, 3.05) is 13.2 Å². The van der Waals surface area contributed by atoms with Crippen molar-refractivity contribution < 1.29 is 14.3 Å². The maximum absolute atomic E-state index is 11.9. The van der Waals surface area contributed by atoms with Crippen LogP contribution in [0.1, 0.15) is 58.8 Å². The van der Waals surface area contributed by atoms with Gasteiger partial charge in [0.25, 0.3) is 0 Å². The van der Waals surface area contributed by atoms with E-state index in [1.54, 1.807) is 0 Å². The number of ether oxygens (including phenoxy) is 2. The number of nitrogens with one attached hydrogen (secondary N) is 2. The van der Waals surface area contributed by atoms with Crippen molar-refractivity contribution >= 4 is 6.03 Å². The number of carbonyl (C=O) groups excluding carboxylic acids is 1. The minimum absolute atomic E-state index is 0.0501. The molecule has 2 rings (SSSR count). The van der Waals surface area contributed by atoms with E-state index in [1.165, 1.54) is 19.3 Å². The van der Waals surface area contributed by atoms with Gasteiger partial charge in [-0.05, 0) is 58.8 Å². The summed E-state index contributed by atoms with van der Waals surface area (Å²) in [6.45, 7) is 5.75. The van der Waals surface area contributed by atoms with Crippen LogP contribution >= 0.6 is 0 Å². The number of hydrogen-bond donors (Lipinski definition) is 2. The SMILES string of the molecule is CC1CC(NC(=O)NCCCC2CCCCO2)CC(C)O1. The number of rotatable bonds is 5. The summed E-state index contributed by atoms with van der Waals surface area (Å²) in [7, 11) is 0. The molecule has 0 bridgehead atoms. The van der Waals surface area contributed by atoms with Crippen LogP contribution in [0.25, 0.3) is 0 Å². The third-order valence-corrected chi connectivity index (χ3v) is 4.30. The molecule has 0 aromatic carbocycles. The van der Waals surface area contributed by atoms with Gasteiger partial charge in [0, 0.05) is 19.2 Å². The summed E-state index contributed by atoms with van der Waals surface area (Å²) in [5.41, 5.74) is 0.